The van der Waals surface area contributed by atoms with Crippen LogP contribution >= 0.6 is 11.3 Å². The van der Waals surface area contributed by atoms with Crippen LogP contribution in [-0.2, 0) is 22.0 Å². The van der Waals surface area contributed by atoms with Gasteiger partial charge in [-0.1, -0.05) is 20.8 Å². The standard InChI is InChI=1S/C14H25N3O2S2/c1-14(2,3)13-15-12(10-20-13)9-17-7-5-6-11(8-17)16-21(4,18)19/h10-11,16H,5-9H2,1-4H3. The first kappa shape index (κ1) is 16.9. The minimum absolute atomic E-state index is 0.0227. The van der Waals surface area contributed by atoms with Crippen molar-refractivity contribution < 1.29 is 8.42 Å². The predicted octanol–water partition coefficient (Wildman–Crippen LogP) is 1.95. The Bertz CT molecular complexity index is 575. The van der Waals surface area contributed by atoms with Crippen LogP contribution in [0, 0.1) is 0 Å². The van der Waals surface area contributed by atoms with Crippen LogP contribution in [0.2, 0.25) is 0 Å². The smallest absolute Gasteiger partial charge is 0.208 e. The number of nitrogens with one attached hydrogen (secondary N) is 1. The summed E-state index contributed by atoms with van der Waals surface area (Å²) < 4.78 is 25.4. The Kier molecular flexibility index (Phi) is 5.07. The predicted molar refractivity (Wildman–Crippen MR) is 87.1 cm³/mol. The summed E-state index contributed by atoms with van der Waals surface area (Å²) in [7, 11) is -3.13. The molecule has 0 aliphatic carbocycles. The van der Waals surface area contributed by atoms with Crippen LogP contribution in [0.5, 0.6) is 0 Å². The number of aromatic nitrogens is 1. The van der Waals surface area contributed by atoms with E-state index in [9.17, 15) is 8.42 Å². The molecule has 1 aromatic heterocycles. The lowest BCUT2D eigenvalue weighted by Crippen LogP contribution is -2.47. The normalized spacial score (nSPS) is 21.6. The van der Waals surface area contributed by atoms with Gasteiger partial charge in [-0.2, -0.15) is 0 Å². The zero-order valence-electron chi connectivity index (χ0n) is 13.2. The number of piperidine rings is 1. The van der Waals surface area contributed by atoms with E-state index in [1.165, 1.54) is 6.26 Å². The van der Waals surface area contributed by atoms with Crippen molar-refractivity contribution in [2.75, 3.05) is 19.3 Å². The van der Waals surface area contributed by atoms with Gasteiger partial charge in [-0.15, -0.1) is 11.3 Å². The molecule has 5 nitrogen and oxygen atoms in total. The topological polar surface area (TPSA) is 62.3 Å². The monoisotopic (exact) mass is 331 g/mol. The van der Waals surface area contributed by atoms with Gasteiger partial charge in [0.25, 0.3) is 0 Å². The molecule has 0 aromatic carbocycles. The van der Waals surface area contributed by atoms with Gasteiger partial charge in [0.05, 0.1) is 17.0 Å². The molecule has 0 amide bonds. The van der Waals surface area contributed by atoms with Crippen molar-refractivity contribution in [1.29, 1.82) is 0 Å². The molecule has 21 heavy (non-hydrogen) atoms. The van der Waals surface area contributed by atoms with Gasteiger partial charge in [-0.05, 0) is 19.4 Å². The summed E-state index contributed by atoms with van der Waals surface area (Å²) >= 11 is 1.71. The van der Waals surface area contributed by atoms with Crippen molar-refractivity contribution in [3.63, 3.8) is 0 Å². The average molecular weight is 332 g/mol. The van der Waals surface area contributed by atoms with Gasteiger partial charge in [0.15, 0.2) is 0 Å². The third kappa shape index (κ3) is 5.32. The van der Waals surface area contributed by atoms with E-state index in [2.05, 4.69) is 35.8 Å². The van der Waals surface area contributed by atoms with Crippen LogP contribution in [0.15, 0.2) is 5.38 Å². The highest BCUT2D eigenvalue weighted by Gasteiger charge is 2.24. The van der Waals surface area contributed by atoms with Gasteiger partial charge in [-0.3, -0.25) is 4.90 Å². The maximum atomic E-state index is 11.3. The number of hydrogen-bond donors (Lipinski definition) is 1. The van der Waals surface area contributed by atoms with Gasteiger partial charge in [0.2, 0.25) is 10.0 Å². The highest BCUT2D eigenvalue weighted by atomic mass is 32.2. The number of rotatable bonds is 4. The molecule has 0 spiro atoms. The largest absolute Gasteiger partial charge is 0.296 e. The summed E-state index contributed by atoms with van der Waals surface area (Å²) in [5.41, 5.74) is 1.18. The first-order valence-corrected chi connectivity index (χ1v) is 10.0. The lowest BCUT2D eigenvalue weighted by molar-refractivity contribution is 0.193. The van der Waals surface area contributed by atoms with Crippen LogP contribution < -0.4 is 4.72 Å². The second-order valence-electron chi connectivity index (χ2n) is 6.86. The SMILES string of the molecule is CC(C)(C)c1nc(CN2CCCC(NS(C)(=O)=O)C2)cs1. The lowest BCUT2D eigenvalue weighted by Gasteiger charge is -2.32. The molecule has 1 aliphatic heterocycles. The van der Waals surface area contributed by atoms with E-state index in [0.29, 0.717) is 0 Å². The van der Waals surface area contributed by atoms with E-state index in [1.807, 2.05) is 0 Å². The second kappa shape index (κ2) is 6.32. The molecule has 1 fully saturated rings. The molecule has 2 rings (SSSR count). The minimum atomic E-state index is -3.13. The molecule has 0 saturated carbocycles. The van der Waals surface area contributed by atoms with E-state index >= 15 is 0 Å². The van der Waals surface area contributed by atoms with Crippen molar-refractivity contribution in [3.05, 3.63) is 16.1 Å². The van der Waals surface area contributed by atoms with E-state index in [4.69, 9.17) is 4.98 Å². The number of likely N-dealkylation sites (tertiary alicyclic amines) is 1. The van der Waals surface area contributed by atoms with E-state index in [0.717, 1.165) is 43.2 Å². The molecule has 1 aromatic rings. The molecular formula is C14H25N3O2S2. The fourth-order valence-corrected chi connectivity index (χ4v) is 4.25. The molecule has 1 aliphatic rings. The van der Waals surface area contributed by atoms with Crippen LogP contribution in [-0.4, -0.2) is 43.7 Å². The zero-order valence-corrected chi connectivity index (χ0v) is 14.9. The van der Waals surface area contributed by atoms with Crippen LogP contribution in [0.25, 0.3) is 0 Å². The zero-order chi connectivity index (χ0) is 15.7. The quantitative estimate of drug-likeness (QED) is 0.916. The number of thiazole rings is 1. The van der Waals surface area contributed by atoms with Crippen LogP contribution in [0.1, 0.15) is 44.3 Å². The average Bonchev–Trinajstić information content (AvgIpc) is 2.75. The van der Waals surface area contributed by atoms with Gasteiger partial charge in [-0.25, -0.2) is 18.1 Å². The molecule has 1 saturated heterocycles. The van der Waals surface area contributed by atoms with Crippen LogP contribution in [0.4, 0.5) is 0 Å². The lowest BCUT2D eigenvalue weighted by atomic mass is 9.98. The maximum Gasteiger partial charge on any atom is 0.208 e. The third-order valence-corrected chi connectivity index (χ3v) is 5.54. The summed E-state index contributed by atoms with van der Waals surface area (Å²) in [5.74, 6) is 0. The Morgan fingerprint density at radius 1 is 1.48 bits per heavy atom. The number of hydrogen-bond acceptors (Lipinski definition) is 5. The molecule has 7 heteroatoms. The molecule has 0 radical (unpaired) electrons. The van der Waals surface area contributed by atoms with Gasteiger partial charge < -0.3 is 0 Å². The van der Waals surface area contributed by atoms with E-state index in [-0.39, 0.29) is 11.5 Å². The van der Waals surface area contributed by atoms with Gasteiger partial charge in [0.1, 0.15) is 0 Å². The Hall–Kier alpha value is -0.500. The van der Waals surface area contributed by atoms with Gasteiger partial charge >= 0.3 is 0 Å². The fraction of sp³-hybridized carbons (Fsp3) is 0.786. The first-order chi connectivity index (χ1) is 9.63. The summed E-state index contributed by atoms with van der Waals surface area (Å²) in [6.07, 6.45) is 3.15. The van der Waals surface area contributed by atoms with Gasteiger partial charge in [0, 0.05) is 29.9 Å². The Labute approximate surface area is 131 Å². The second-order valence-corrected chi connectivity index (χ2v) is 9.50. The van der Waals surface area contributed by atoms with Crippen molar-refractivity contribution in [2.45, 2.75) is 51.6 Å². The fourth-order valence-electron chi connectivity index (χ4n) is 2.55. The van der Waals surface area contributed by atoms with Crippen molar-refractivity contribution in [1.82, 2.24) is 14.6 Å². The highest BCUT2D eigenvalue weighted by molar-refractivity contribution is 7.88. The molecule has 0 bridgehead atoms. The summed E-state index contributed by atoms with van der Waals surface area (Å²) in [5, 5.41) is 3.27. The molecule has 1 N–H and O–H groups in total. The minimum Gasteiger partial charge on any atom is -0.296 e. The van der Waals surface area contributed by atoms with Crippen molar-refractivity contribution in [3.8, 4) is 0 Å². The third-order valence-electron chi connectivity index (χ3n) is 3.47. The summed E-state index contributed by atoms with van der Waals surface area (Å²) in [6, 6.07) is 0.0227. The number of sulfonamides is 1. The highest BCUT2D eigenvalue weighted by Crippen LogP contribution is 2.26. The number of nitrogens with zero attached hydrogens (tertiary/aromatic N) is 2. The summed E-state index contributed by atoms with van der Waals surface area (Å²) in [6.45, 7) is 9.07. The van der Waals surface area contributed by atoms with Crippen LogP contribution in [0.3, 0.4) is 0 Å². The summed E-state index contributed by atoms with van der Waals surface area (Å²) in [4.78, 5) is 7.00. The van der Waals surface area contributed by atoms with Crippen molar-refractivity contribution in [2.24, 2.45) is 0 Å². The molecule has 1 atom stereocenters. The molecular weight excluding hydrogens is 306 g/mol. The Morgan fingerprint density at radius 2 is 2.19 bits per heavy atom. The van der Waals surface area contributed by atoms with E-state index < -0.39 is 10.0 Å². The maximum absolute atomic E-state index is 11.3. The first-order valence-electron chi connectivity index (χ1n) is 7.28. The van der Waals surface area contributed by atoms with E-state index in [1.54, 1.807) is 11.3 Å². The molecule has 120 valence electrons. The molecule has 2 heterocycles. The van der Waals surface area contributed by atoms with Crippen molar-refractivity contribution >= 4 is 21.4 Å². The Morgan fingerprint density at radius 3 is 2.76 bits per heavy atom. The Balaban J connectivity index is 1.95. The molecule has 1 unspecified atom stereocenters.